The Labute approximate surface area is 84.0 Å². The third-order valence-corrected chi connectivity index (χ3v) is 1.97. The zero-order valence-electron chi connectivity index (χ0n) is 8.49. The van der Waals surface area contributed by atoms with Crippen molar-refractivity contribution in [2.45, 2.75) is 26.3 Å². The van der Waals surface area contributed by atoms with Crippen molar-refractivity contribution in [3.63, 3.8) is 0 Å². The number of carbonyl (C=O) groups excluding carboxylic acids is 1. The van der Waals surface area contributed by atoms with E-state index >= 15 is 0 Å². The molecule has 0 saturated heterocycles. The zero-order chi connectivity index (χ0) is 10.4. The number of hydrogen-bond acceptors (Lipinski definition) is 3. The highest BCUT2D eigenvalue weighted by atomic mass is 16.7. The van der Waals surface area contributed by atoms with Gasteiger partial charge in [-0.05, 0) is 25.5 Å². The topological polar surface area (TPSA) is 38.3 Å². The molecule has 1 unspecified atom stereocenters. The van der Waals surface area contributed by atoms with Gasteiger partial charge in [0.15, 0.2) is 0 Å². The molecule has 3 heteroatoms. The van der Waals surface area contributed by atoms with Crippen molar-refractivity contribution < 1.29 is 9.63 Å². The molecule has 0 amide bonds. The van der Waals surface area contributed by atoms with E-state index in [1.807, 2.05) is 19.9 Å². The fourth-order valence-corrected chi connectivity index (χ4v) is 0.871. The molecule has 1 rings (SSSR count). The van der Waals surface area contributed by atoms with Crippen molar-refractivity contribution in [1.82, 2.24) is 5.48 Å². The highest BCUT2D eigenvalue weighted by molar-refractivity contribution is 5.89. The van der Waals surface area contributed by atoms with Crippen LogP contribution >= 0.6 is 0 Å². The molecule has 76 valence electrons. The smallest absolute Gasteiger partial charge is 0.356 e. The van der Waals surface area contributed by atoms with Crippen molar-refractivity contribution in [2.24, 2.45) is 0 Å². The van der Waals surface area contributed by atoms with Gasteiger partial charge in [0.2, 0.25) is 0 Å². The van der Waals surface area contributed by atoms with Crippen LogP contribution in [-0.2, 0) is 4.84 Å². The molecule has 0 aromatic heterocycles. The minimum absolute atomic E-state index is 0.183. The zero-order valence-corrected chi connectivity index (χ0v) is 8.49. The second kappa shape index (κ2) is 5.40. The van der Waals surface area contributed by atoms with Gasteiger partial charge in [-0.1, -0.05) is 25.1 Å². The Morgan fingerprint density at radius 3 is 2.64 bits per heavy atom. The molecule has 14 heavy (non-hydrogen) atoms. The summed E-state index contributed by atoms with van der Waals surface area (Å²) in [6, 6.07) is 9.10. The standard InChI is InChI=1S/C11H15NO2/c1-3-9(2)12-14-11(13)10-7-5-4-6-8-10/h4-9,12H,3H2,1-2H3. The van der Waals surface area contributed by atoms with Gasteiger partial charge in [0.1, 0.15) is 0 Å². The number of hydroxylamine groups is 1. The lowest BCUT2D eigenvalue weighted by molar-refractivity contribution is 0.0168. The lowest BCUT2D eigenvalue weighted by atomic mass is 10.2. The second-order valence-corrected chi connectivity index (χ2v) is 3.18. The molecule has 3 nitrogen and oxygen atoms in total. The molecule has 0 aliphatic rings. The van der Waals surface area contributed by atoms with Crippen LogP contribution in [0.15, 0.2) is 30.3 Å². The summed E-state index contributed by atoms with van der Waals surface area (Å²) < 4.78 is 0. The molecule has 1 atom stereocenters. The fourth-order valence-electron chi connectivity index (χ4n) is 0.871. The first-order valence-corrected chi connectivity index (χ1v) is 4.75. The first kappa shape index (κ1) is 10.7. The highest BCUT2D eigenvalue weighted by Gasteiger charge is 2.07. The summed E-state index contributed by atoms with van der Waals surface area (Å²) in [7, 11) is 0. The van der Waals surface area contributed by atoms with E-state index in [4.69, 9.17) is 4.84 Å². The largest absolute Gasteiger partial charge is 0.366 e. The Morgan fingerprint density at radius 1 is 1.43 bits per heavy atom. The molecule has 0 aliphatic heterocycles. The first-order valence-electron chi connectivity index (χ1n) is 4.75. The summed E-state index contributed by atoms with van der Waals surface area (Å²) in [5, 5.41) is 0. The second-order valence-electron chi connectivity index (χ2n) is 3.18. The van der Waals surface area contributed by atoms with Gasteiger partial charge in [-0.2, -0.15) is 5.48 Å². The van der Waals surface area contributed by atoms with Crippen molar-refractivity contribution in [1.29, 1.82) is 0 Å². The Bertz CT molecular complexity index is 285. The lowest BCUT2D eigenvalue weighted by Gasteiger charge is -2.10. The van der Waals surface area contributed by atoms with Crippen LogP contribution < -0.4 is 5.48 Å². The predicted molar refractivity (Wildman–Crippen MR) is 54.7 cm³/mol. The quantitative estimate of drug-likeness (QED) is 0.744. The van der Waals surface area contributed by atoms with Crippen molar-refractivity contribution >= 4 is 5.97 Å². The van der Waals surface area contributed by atoms with Crippen molar-refractivity contribution in [2.75, 3.05) is 0 Å². The molecule has 0 fully saturated rings. The molecule has 0 saturated carbocycles. The number of rotatable bonds is 4. The van der Waals surface area contributed by atoms with Crippen LogP contribution in [0.2, 0.25) is 0 Å². The van der Waals surface area contributed by atoms with Gasteiger partial charge in [0, 0.05) is 6.04 Å². The first-order chi connectivity index (χ1) is 6.74. The molecule has 0 spiro atoms. The van der Waals surface area contributed by atoms with Crippen LogP contribution in [0.25, 0.3) is 0 Å². The van der Waals surface area contributed by atoms with E-state index in [2.05, 4.69) is 5.48 Å². The van der Waals surface area contributed by atoms with Crippen molar-refractivity contribution in [3.8, 4) is 0 Å². The monoisotopic (exact) mass is 193 g/mol. The average molecular weight is 193 g/mol. The summed E-state index contributed by atoms with van der Waals surface area (Å²) in [5.74, 6) is -0.342. The van der Waals surface area contributed by atoms with E-state index in [0.29, 0.717) is 5.56 Å². The Kier molecular flexibility index (Phi) is 4.13. The summed E-state index contributed by atoms with van der Waals surface area (Å²) >= 11 is 0. The van der Waals surface area contributed by atoms with Crippen LogP contribution in [0.1, 0.15) is 30.6 Å². The molecule has 0 radical (unpaired) electrons. The predicted octanol–water partition coefficient (Wildman–Crippen LogP) is 2.15. The number of carbonyl (C=O) groups is 1. The van der Waals surface area contributed by atoms with Gasteiger partial charge in [0.05, 0.1) is 5.56 Å². The molecule has 1 N–H and O–H groups in total. The minimum Gasteiger partial charge on any atom is -0.366 e. The maximum absolute atomic E-state index is 11.4. The molecule has 0 heterocycles. The van der Waals surface area contributed by atoms with Crippen LogP contribution in [0.4, 0.5) is 0 Å². The van der Waals surface area contributed by atoms with Gasteiger partial charge in [0.25, 0.3) is 0 Å². The van der Waals surface area contributed by atoms with Gasteiger partial charge in [-0.15, -0.1) is 0 Å². The van der Waals surface area contributed by atoms with E-state index in [1.165, 1.54) is 0 Å². The Hall–Kier alpha value is -1.35. The minimum atomic E-state index is -0.342. The normalized spacial score (nSPS) is 12.1. The molecule has 0 aliphatic carbocycles. The molecule has 1 aromatic rings. The van der Waals surface area contributed by atoms with Crippen LogP contribution in [0.3, 0.4) is 0 Å². The van der Waals surface area contributed by atoms with Gasteiger partial charge >= 0.3 is 5.97 Å². The molecule has 0 bridgehead atoms. The summed E-state index contributed by atoms with van der Waals surface area (Å²) in [6.07, 6.45) is 0.919. The maximum atomic E-state index is 11.4. The third kappa shape index (κ3) is 3.18. The summed E-state index contributed by atoms with van der Waals surface area (Å²) in [5.41, 5.74) is 3.24. The van der Waals surface area contributed by atoms with Crippen molar-refractivity contribution in [3.05, 3.63) is 35.9 Å². The number of hydrogen-bond donors (Lipinski definition) is 1. The average Bonchev–Trinajstić information content (AvgIpc) is 2.26. The SMILES string of the molecule is CCC(C)NOC(=O)c1ccccc1. The van der Waals surface area contributed by atoms with Crippen LogP contribution in [0, 0.1) is 0 Å². The van der Waals surface area contributed by atoms with Gasteiger partial charge in [-0.3, -0.25) is 0 Å². The van der Waals surface area contributed by atoms with E-state index in [0.717, 1.165) is 6.42 Å². The molecular weight excluding hydrogens is 178 g/mol. The maximum Gasteiger partial charge on any atom is 0.356 e. The number of nitrogens with one attached hydrogen (secondary N) is 1. The molecular formula is C11H15NO2. The van der Waals surface area contributed by atoms with E-state index in [1.54, 1.807) is 24.3 Å². The van der Waals surface area contributed by atoms with E-state index < -0.39 is 0 Å². The summed E-state index contributed by atoms with van der Waals surface area (Å²) in [6.45, 7) is 3.98. The van der Waals surface area contributed by atoms with E-state index in [-0.39, 0.29) is 12.0 Å². The van der Waals surface area contributed by atoms with Gasteiger partial charge < -0.3 is 4.84 Å². The van der Waals surface area contributed by atoms with E-state index in [9.17, 15) is 4.79 Å². The Morgan fingerprint density at radius 2 is 2.07 bits per heavy atom. The summed E-state index contributed by atoms with van der Waals surface area (Å²) in [4.78, 5) is 16.3. The fraction of sp³-hybridized carbons (Fsp3) is 0.364. The highest BCUT2D eigenvalue weighted by Crippen LogP contribution is 2.00. The van der Waals surface area contributed by atoms with Crippen LogP contribution in [-0.4, -0.2) is 12.0 Å². The third-order valence-electron chi connectivity index (χ3n) is 1.97. The van der Waals surface area contributed by atoms with Crippen LogP contribution in [0.5, 0.6) is 0 Å². The molecule has 1 aromatic carbocycles. The van der Waals surface area contributed by atoms with Gasteiger partial charge in [-0.25, -0.2) is 4.79 Å². The lowest BCUT2D eigenvalue weighted by Crippen LogP contribution is -2.28. The Balaban J connectivity index is 2.44. The number of benzene rings is 1.